The first kappa shape index (κ1) is 13.2. The van der Waals surface area contributed by atoms with Crippen molar-refractivity contribution in [1.29, 1.82) is 0 Å². The van der Waals surface area contributed by atoms with Crippen molar-refractivity contribution in [3.05, 3.63) is 23.3 Å². The highest BCUT2D eigenvalue weighted by Crippen LogP contribution is 2.23. The molecule has 0 unspecified atom stereocenters. The minimum atomic E-state index is -0.548. The Balaban J connectivity index is 2.56. The van der Waals surface area contributed by atoms with Crippen LogP contribution in [0, 0.1) is 13.8 Å². The maximum absolute atomic E-state index is 12.1. The Labute approximate surface area is 110 Å². The molecule has 0 atom stereocenters. The number of aromatic nitrogens is 3. The number of ether oxygens (including phenoxy) is 1. The SMILES string of the molecule is COC(=O)CC(=O)c1cn(C)c2nc(C)nc(C)c12. The van der Waals surface area contributed by atoms with Crippen LogP contribution in [-0.2, 0) is 16.6 Å². The van der Waals surface area contributed by atoms with Gasteiger partial charge in [-0.05, 0) is 13.8 Å². The highest BCUT2D eigenvalue weighted by Gasteiger charge is 2.20. The molecule has 2 rings (SSSR count). The van der Waals surface area contributed by atoms with Gasteiger partial charge in [0.1, 0.15) is 17.9 Å². The van der Waals surface area contributed by atoms with E-state index in [1.807, 2.05) is 14.0 Å². The first-order chi connectivity index (χ1) is 8.93. The molecule has 0 aliphatic carbocycles. The lowest BCUT2D eigenvalue weighted by atomic mass is 10.1. The van der Waals surface area contributed by atoms with Gasteiger partial charge in [0.2, 0.25) is 0 Å². The molecule has 0 radical (unpaired) electrons. The van der Waals surface area contributed by atoms with Crippen molar-refractivity contribution in [3.8, 4) is 0 Å². The minimum absolute atomic E-state index is 0.275. The Morgan fingerprint density at radius 1 is 1.32 bits per heavy atom. The second kappa shape index (κ2) is 4.79. The Hall–Kier alpha value is -2.24. The van der Waals surface area contributed by atoms with Crippen LogP contribution in [0.25, 0.3) is 11.0 Å². The fourth-order valence-electron chi connectivity index (χ4n) is 2.09. The van der Waals surface area contributed by atoms with Gasteiger partial charge in [-0.3, -0.25) is 9.59 Å². The lowest BCUT2D eigenvalue weighted by Crippen LogP contribution is -2.09. The molecule has 0 amide bonds. The van der Waals surface area contributed by atoms with E-state index < -0.39 is 5.97 Å². The lowest BCUT2D eigenvalue weighted by molar-refractivity contribution is -0.139. The van der Waals surface area contributed by atoms with Gasteiger partial charge in [-0.2, -0.15) is 0 Å². The van der Waals surface area contributed by atoms with Gasteiger partial charge in [-0.15, -0.1) is 0 Å². The molecule has 0 saturated heterocycles. The highest BCUT2D eigenvalue weighted by molar-refractivity contribution is 6.13. The van der Waals surface area contributed by atoms with E-state index in [2.05, 4.69) is 14.7 Å². The summed E-state index contributed by atoms with van der Waals surface area (Å²) in [5.41, 5.74) is 1.88. The Bertz CT molecular complexity index is 673. The van der Waals surface area contributed by atoms with Gasteiger partial charge in [-0.1, -0.05) is 0 Å². The van der Waals surface area contributed by atoms with Crippen molar-refractivity contribution >= 4 is 22.8 Å². The van der Waals surface area contributed by atoms with Crippen LogP contribution in [0.4, 0.5) is 0 Å². The lowest BCUT2D eigenvalue weighted by Gasteiger charge is -2.02. The number of nitrogens with zero attached hydrogens (tertiary/aromatic N) is 3. The summed E-state index contributed by atoms with van der Waals surface area (Å²) >= 11 is 0. The summed E-state index contributed by atoms with van der Waals surface area (Å²) in [6.07, 6.45) is 1.40. The van der Waals surface area contributed by atoms with E-state index in [1.165, 1.54) is 7.11 Å². The zero-order chi connectivity index (χ0) is 14.2. The van der Waals surface area contributed by atoms with E-state index in [0.717, 1.165) is 5.69 Å². The van der Waals surface area contributed by atoms with Gasteiger partial charge in [0.05, 0.1) is 18.2 Å². The largest absolute Gasteiger partial charge is 0.469 e. The molecule has 0 fully saturated rings. The molecule has 0 saturated carbocycles. The minimum Gasteiger partial charge on any atom is -0.469 e. The van der Waals surface area contributed by atoms with Crippen LogP contribution in [0.3, 0.4) is 0 Å². The number of Topliss-reactive ketones (excluding diaryl/α,β-unsaturated/α-hetero) is 1. The average molecular weight is 261 g/mol. The summed E-state index contributed by atoms with van der Waals surface area (Å²) in [5.74, 6) is -0.182. The zero-order valence-corrected chi connectivity index (χ0v) is 11.4. The topological polar surface area (TPSA) is 74.1 Å². The second-order valence-electron chi connectivity index (χ2n) is 4.38. The molecule has 6 heteroatoms. The predicted octanol–water partition coefficient (Wildman–Crippen LogP) is 1.33. The van der Waals surface area contributed by atoms with Crippen molar-refractivity contribution in [2.45, 2.75) is 20.3 Å². The molecule has 0 spiro atoms. The van der Waals surface area contributed by atoms with Gasteiger partial charge < -0.3 is 9.30 Å². The molecule has 2 aromatic rings. The first-order valence-electron chi connectivity index (χ1n) is 5.84. The Kier molecular flexibility index (Phi) is 3.33. The van der Waals surface area contributed by atoms with Crippen LogP contribution >= 0.6 is 0 Å². The quantitative estimate of drug-likeness (QED) is 0.473. The summed E-state index contributed by atoms with van der Waals surface area (Å²) in [4.78, 5) is 31.9. The number of aryl methyl sites for hydroxylation is 3. The van der Waals surface area contributed by atoms with Crippen LogP contribution in [0.1, 0.15) is 28.3 Å². The number of esters is 1. The number of carbonyl (C=O) groups is 2. The maximum atomic E-state index is 12.1. The van der Waals surface area contributed by atoms with Crippen LogP contribution in [-0.4, -0.2) is 33.4 Å². The molecule has 2 aromatic heterocycles. The number of methoxy groups -OCH3 is 1. The fourth-order valence-corrected chi connectivity index (χ4v) is 2.09. The van der Waals surface area contributed by atoms with Gasteiger partial charge in [0, 0.05) is 18.8 Å². The van der Waals surface area contributed by atoms with Crippen LogP contribution in [0.5, 0.6) is 0 Å². The number of carbonyl (C=O) groups excluding carboxylic acids is 2. The molecule has 0 aromatic carbocycles. The Morgan fingerprint density at radius 3 is 2.63 bits per heavy atom. The number of hydrogen-bond acceptors (Lipinski definition) is 5. The monoisotopic (exact) mass is 261 g/mol. The molecule has 0 N–H and O–H groups in total. The molecule has 100 valence electrons. The van der Waals surface area contributed by atoms with Crippen molar-refractivity contribution in [2.75, 3.05) is 7.11 Å². The molecular weight excluding hydrogens is 246 g/mol. The number of hydrogen-bond donors (Lipinski definition) is 0. The third kappa shape index (κ3) is 2.33. The van der Waals surface area contributed by atoms with Gasteiger partial charge in [0.15, 0.2) is 5.78 Å². The first-order valence-corrected chi connectivity index (χ1v) is 5.84. The normalized spacial score (nSPS) is 10.7. The maximum Gasteiger partial charge on any atom is 0.313 e. The van der Waals surface area contributed by atoms with Crippen molar-refractivity contribution in [1.82, 2.24) is 14.5 Å². The summed E-state index contributed by atoms with van der Waals surface area (Å²) in [6.45, 7) is 3.63. The van der Waals surface area contributed by atoms with Gasteiger partial charge >= 0.3 is 5.97 Å². The van der Waals surface area contributed by atoms with E-state index in [4.69, 9.17) is 0 Å². The molecule has 2 heterocycles. The molecule has 0 aliphatic rings. The van der Waals surface area contributed by atoms with Gasteiger partial charge in [0.25, 0.3) is 0 Å². The second-order valence-corrected chi connectivity index (χ2v) is 4.38. The average Bonchev–Trinajstić information content (AvgIpc) is 2.67. The summed E-state index contributed by atoms with van der Waals surface area (Å²) in [5, 5.41) is 0.696. The molecule has 0 bridgehead atoms. The van der Waals surface area contributed by atoms with E-state index in [-0.39, 0.29) is 12.2 Å². The third-order valence-corrected chi connectivity index (χ3v) is 2.94. The predicted molar refractivity (Wildman–Crippen MR) is 68.9 cm³/mol. The molecule has 0 aliphatic heterocycles. The van der Waals surface area contributed by atoms with Crippen LogP contribution in [0.15, 0.2) is 6.20 Å². The van der Waals surface area contributed by atoms with E-state index in [9.17, 15) is 9.59 Å². The number of ketones is 1. The zero-order valence-electron chi connectivity index (χ0n) is 11.4. The summed E-state index contributed by atoms with van der Waals surface area (Å²) in [7, 11) is 3.07. The smallest absolute Gasteiger partial charge is 0.313 e. The van der Waals surface area contributed by atoms with E-state index >= 15 is 0 Å². The van der Waals surface area contributed by atoms with Crippen molar-refractivity contribution in [3.63, 3.8) is 0 Å². The molecule has 19 heavy (non-hydrogen) atoms. The summed E-state index contributed by atoms with van der Waals surface area (Å²) in [6, 6.07) is 0. The van der Waals surface area contributed by atoms with Gasteiger partial charge in [-0.25, -0.2) is 9.97 Å². The van der Waals surface area contributed by atoms with Crippen LogP contribution < -0.4 is 0 Å². The summed E-state index contributed by atoms with van der Waals surface area (Å²) < 4.78 is 6.28. The Morgan fingerprint density at radius 2 is 2.00 bits per heavy atom. The van der Waals surface area contributed by atoms with E-state index in [1.54, 1.807) is 17.7 Å². The highest BCUT2D eigenvalue weighted by atomic mass is 16.5. The van der Waals surface area contributed by atoms with Crippen LogP contribution in [0.2, 0.25) is 0 Å². The standard InChI is InChI=1S/C13H15N3O3/c1-7-12-9(10(17)5-11(18)19-4)6-16(3)13(12)15-8(2)14-7/h6H,5H2,1-4H3. The fraction of sp³-hybridized carbons (Fsp3) is 0.385. The number of rotatable bonds is 3. The number of fused-ring (bicyclic) bond motifs is 1. The molecular formula is C13H15N3O3. The third-order valence-electron chi connectivity index (χ3n) is 2.94. The van der Waals surface area contributed by atoms with E-state index in [0.29, 0.717) is 22.4 Å². The van der Waals surface area contributed by atoms with Crippen molar-refractivity contribution in [2.24, 2.45) is 7.05 Å². The van der Waals surface area contributed by atoms with Crippen molar-refractivity contribution < 1.29 is 14.3 Å². The molecule has 6 nitrogen and oxygen atoms in total.